The van der Waals surface area contributed by atoms with Gasteiger partial charge in [-0.3, -0.25) is 29.8 Å². The number of hydrogen-bond donors (Lipinski definition) is 2. The van der Waals surface area contributed by atoms with Crippen LogP contribution in [0.1, 0.15) is 12.0 Å². The average molecular weight is 483 g/mol. The number of non-ortho nitro benzene ring substituents is 1. The van der Waals surface area contributed by atoms with E-state index in [1.165, 1.54) is 19.2 Å². The van der Waals surface area contributed by atoms with Crippen molar-refractivity contribution in [1.29, 1.82) is 0 Å². The molecule has 2 fully saturated rings. The van der Waals surface area contributed by atoms with Crippen molar-refractivity contribution in [2.45, 2.75) is 18.0 Å². The van der Waals surface area contributed by atoms with E-state index in [1.807, 2.05) is 6.26 Å². The number of carbonyl (C=O) groups is 3. The van der Waals surface area contributed by atoms with Gasteiger partial charge in [0, 0.05) is 29.4 Å². The molecule has 10 nitrogen and oxygen atoms in total. The minimum atomic E-state index is -1.40. The van der Waals surface area contributed by atoms with Gasteiger partial charge in [0.15, 0.2) is 0 Å². The van der Waals surface area contributed by atoms with Crippen LogP contribution in [0.4, 0.5) is 17.1 Å². The molecule has 0 aliphatic carbocycles. The van der Waals surface area contributed by atoms with Crippen molar-refractivity contribution in [1.82, 2.24) is 5.32 Å². The van der Waals surface area contributed by atoms with Gasteiger partial charge >= 0.3 is 0 Å². The number of imide groups is 1. The Kier molecular flexibility index (Phi) is 5.33. The van der Waals surface area contributed by atoms with Crippen LogP contribution in [0, 0.1) is 22.0 Å². The first-order chi connectivity index (χ1) is 16.3. The van der Waals surface area contributed by atoms with Crippen LogP contribution in [-0.4, -0.2) is 47.8 Å². The van der Waals surface area contributed by atoms with Gasteiger partial charge < -0.3 is 10.1 Å². The summed E-state index contributed by atoms with van der Waals surface area (Å²) in [7, 11) is 1.36. The highest BCUT2D eigenvalue weighted by Crippen LogP contribution is 2.54. The van der Waals surface area contributed by atoms with E-state index in [0.29, 0.717) is 17.7 Å². The minimum absolute atomic E-state index is 0.00607. The van der Waals surface area contributed by atoms with Crippen molar-refractivity contribution in [2.24, 2.45) is 11.8 Å². The number of nitro groups is 1. The highest BCUT2D eigenvalue weighted by molar-refractivity contribution is 7.98. The number of nitro benzene ring substituents is 1. The Bertz CT molecular complexity index is 1240. The summed E-state index contributed by atoms with van der Waals surface area (Å²) < 4.78 is 5.33. The molecule has 1 spiro atoms. The maximum Gasteiger partial charge on any atom is 0.271 e. The van der Waals surface area contributed by atoms with Crippen molar-refractivity contribution in [3.63, 3.8) is 0 Å². The van der Waals surface area contributed by atoms with Crippen molar-refractivity contribution in [3.05, 3.63) is 58.1 Å². The molecule has 4 atom stereocenters. The molecule has 3 aliphatic heterocycles. The van der Waals surface area contributed by atoms with Crippen molar-refractivity contribution in [2.75, 3.05) is 29.3 Å². The maximum absolute atomic E-state index is 13.9. The monoisotopic (exact) mass is 482 g/mol. The highest BCUT2D eigenvalue weighted by Gasteiger charge is 2.70. The molecule has 2 aromatic rings. The lowest BCUT2D eigenvalue weighted by molar-refractivity contribution is -0.384. The highest BCUT2D eigenvalue weighted by atomic mass is 32.2. The van der Waals surface area contributed by atoms with Gasteiger partial charge in [-0.2, -0.15) is 11.8 Å². The number of carbonyl (C=O) groups excluding carboxylic acids is 3. The lowest BCUT2D eigenvalue weighted by atomic mass is 9.76. The first-order valence-corrected chi connectivity index (χ1v) is 12.1. The number of fused-ring (bicyclic) bond motifs is 4. The Morgan fingerprint density at radius 2 is 1.94 bits per heavy atom. The zero-order chi connectivity index (χ0) is 24.2. The Balaban J connectivity index is 1.67. The van der Waals surface area contributed by atoms with E-state index in [9.17, 15) is 24.5 Å². The SMILES string of the molecule is COc1ccc([N+](=O)[O-])cc1N1C(=O)[C@@H]2[C@H](CCSC)N[C@@]3(C(=O)Nc4ccccc43)[C@@H]2C1=O. The van der Waals surface area contributed by atoms with E-state index < -0.39 is 40.2 Å². The number of rotatable bonds is 6. The molecule has 0 unspecified atom stereocenters. The molecule has 34 heavy (non-hydrogen) atoms. The first-order valence-electron chi connectivity index (χ1n) is 10.7. The molecule has 0 radical (unpaired) electrons. The summed E-state index contributed by atoms with van der Waals surface area (Å²) in [4.78, 5) is 52.9. The van der Waals surface area contributed by atoms with Gasteiger partial charge in [0.05, 0.1) is 23.9 Å². The van der Waals surface area contributed by atoms with Crippen LogP contribution in [0.25, 0.3) is 0 Å². The summed E-state index contributed by atoms with van der Waals surface area (Å²) in [6.07, 6.45) is 2.51. The van der Waals surface area contributed by atoms with Gasteiger partial charge in [0.25, 0.3) is 5.69 Å². The Hall–Kier alpha value is -3.44. The van der Waals surface area contributed by atoms with Crippen LogP contribution in [0.5, 0.6) is 5.75 Å². The lowest BCUT2D eigenvalue weighted by Gasteiger charge is -2.29. The van der Waals surface area contributed by atoms with Gasteiger partial charge in [-0.15, -0.1) is 0 Å². The van der Waals surface area contributed by atoms with Gasteiger partial charge in [0.1, 0.15) is 17.0 Å². The number of nitrogens with one attached hydrogen (secondary N) is 2. The third-order valence-electron chi connectivity index (χ3n) is 6.87. The van der Waals surface area contributed by atoms with Crippen LogP contribution in [0.15, 0.2) is 42.5 Å². The second kappa shape index (κ2) is 8.10. The fraction of sp³-hybridized carbons (Fsp3) is 0.348. The molecule has 2 N–H and O–H groups in total. The normalized spacial score (nSPS) is 27.2. The van der Waals surface area contributed by atoms with E-state index in [-0.39, 0.29) is 23.0 Å². The zero-order valence-electron chi connectivity index (χ0n) is 18.4. The largest absolute Gasteiger partial charge is 0.495 e. The van der Waals surface area contributed by atoms with Crippen LogP contribution in [-0.2, 0) is 19.9 Å². The molecule has 176 valence electrons. The molecule has 3 heterocycles. The molecule has 0 saturated carbocycles. The van der Waals surface area contributed by atoms with Gasteiger partial charge in [-0.05, 0) is 30.6 Å². The first kappa shape index (κ1) is 22.4. The average Bonchev–Trinajstić information content (AvgIpc) is 3.41. The molecule has 11 heteroatoms. The summed E-state index contributed by atoms with van der Waals surface area (Å²) in [6, 6.07) is 10.5. The molecular weight excluding hydrogens is 460 g/mol. The van der Waals surface area contributed by atoms with Crippen molar-refractivity contribution < 1.29 is 24.0 Å². The second-order valence-electron chi connectivity index (χ2n) is 8.47. The number of hydrogen-bond acceptors (Lipinski definition) is 8. The summed E-state index contributed by atoms with van der Waals surface area (Å²) in [5, 5.41) is 17.6. The van der Waals surface area contributed by atoms with E-state index in [1.54, 1.807) is 36.0 Å². The molecule has 3 aliphatic rings. The number of para-hydroxylation sites is 1. The third-order valence-corrected chi connectivity index (χ3v) is 7.51. The maximum atomic E-state index is 13.9. The number of methoxy groups -OCH3 is 1. The molecule has 2 saturated heterocycles. The quantitative estimate of drug-likeness (QED) is 0.364. The Morgan fingerprint density at radius 1 is 1.18 bits per heavy atom. The van der Waals surface area contributed by atoms with Gasteiger partial charge in [-0.1, -0.05) is 18.2 Å². The molecule has 3 amide bonds. The number of amides is 3. The number of ether oxygens (including phenoxy) is 1. The lowest BCUT2D eigenvalue weighted by Crippen LogP contribution is -2.53. The predicted molar refractivity (Wildman–Crippen MR) is 126 cm³/mol. The fourth-order valence-corrected chi connectivity index (χ4v) is 5.95. The van der Waals surface area contributed by atoms with E-state index >= 15 is 0 Å². The van der Waals surface area contributed by atoms with Gasteiger partial charge in [0.2, 0.25) is 17.7 Å². The van der Waals surface area contributed by atoms with Crippen molar-refractivity contribution >= 4 is 46.5 Å². The van der Waals surface area contributed by atoms with Crippen LogP contribution in [0.2, 0.25) is 0 Å². The van der Waals surface area contributed by atoms with Crippen LogP contribution < -0.4 is 20.3 Å². The molecular formula is C23H22N4O6S. The number of thioether (sulfide) groups is 1. The molecule has 2 aromatic carbocycles. The summed E-state index contributed by atoms with van der Waals surface area (Å²) in [5.74, 6) is -2.39. The number of nitrogens with zero attached hydrogens (tertiary/aromatic N) is 2. The summed E-state index contributed by atoms with van der Waals surface area (Å²) >= 11 is 1.61. The van der Waals surface area contributed by atoms with E-state index in [2.05, 4.69) is 10.6 Å². The summed E-state index contributed by atoms with van der Waals surface area (Å²) in [5.41, 5.74) is -0.456. The fourth-order valence-electron chi connectivity index (χ4n) is 5.46. The Labute approximate surface area is 199 Å². The second-order valence-corrected chi connectivity index (χ2v) is 9.45. The standard InChI is InChI=1S/C23H22N4O6S/c1-33-17-8-7-12(27(31)32)11-16(17)26-20(28)18-15(9-10-34-2)25-23(19(18)21(26)29)13-5-3-4-6-14(13)24-22(23)30/h3-8,11,15,18-19,25H,9-10H2,1-2H3,(H,24,30)/t15-,18+,19-,23+/m0/s1. The molecule has 5 rings (SSSR count). The van der Waals surface area contributed by atoms with Crippen molar-refractivity contribution in [3.8, 4) is 5.75 Å². The summed E-state index contributed by atoms with van der Waals surface area (Å²) in [6.45, 7) is 0. The van der Waals surface area contributed by atoms with Crippen LogP contribution >= 0.6 is 11.8 Å². The smallest absolute Gasteiger partial charge is 0.271 e. The number of anilines is 2. The van der Waals surface area contributed by atoms with Crippen LogP contribution in [0.3, 0.4) is 0 Å². The minimum Gasteiger partial charge on any atom is -0.495 e. The third kappa shape index (κ3) is 2.96. The zero-order valence-corrected chi connectivity index (χ0v) is 19.3. The number of benzene rings is 2. The molecule has 0 aromatic heterocycles. The predicted octanol–water partition coefficient (Wildman–Crippen LogP) is 2.28. The molecule has 0 bridgehead atoms. The van der Waals surface area contributed by atoms with E-state index in [4.69, 9.17) is 4.74 Å². The van der Waals surface area contributed by atoms with Gasteiger partial charge in [-0.25, -0.2) is 4.90 Å². The Morgan fingerprint density at radius 3 is 2.65 bits per heavy atom. The van der Waals surface area contributed by atoms with E-state index in [0.717, 1.165) is 16.7 Å². The topological polar surface area (TPSA) is 131 Å².